The summed E-state index contributed by atoms with van der Waals surface area (Å²) in [6.07, 6.45) is 1.35. The van der Waals surface area contributed by atoms with Gasteiger partial charge in [0.05, 0.1) is 11.5 Å². The molecule has 1 aliphatic heterocycles. The standard InChI is InChI=1S/C20H23NO3S/c1-2-13-21(19-12-14-25(23,24)15-19)20(22)18-10-8-17(9-11-18)16-6-4-3-5-7-16/h3-11,19H,2,12-15H2,1H3. The summed E-state index contributed by atoms with van der Waals surface area (Å²) in [5.74, 6) is 0.183. The number of benzene rings is 2. The van der Waals surface area contributed by atoms with Crippen LogP contribution in [0, 0.1) is 0 Å². The Labute approximate surface area is 149 Å². The topological polar surface area (TPSA) is 54.5 Å². The predicted octanol–water partition coefficient (Wildman–Crippen LogP) is 3.39. The summed E-state index contributed by atoms with van der Waals surface area (Å²) in [5, 5.41) is 0. The number of carbonyl (C=O) groups excluding carboxylic acids is 1. The number of hydrogen-bond acceptors (Lipinski definition) is 3. The Bertz CT molecular complexity index is 829. The number of hydrogen-bond donors (Lipinski definition) is 0. The molecule has 1 unspecified atom stereocenters. The third kappa shape index (κ3) is 4.10. The van der Waals surface area contributed by atoms with E-state index in [4.69, 9.17) is 0 Å². The molecule has 1 heterocycles. The van der Waals surface area contributed by atoms with Gasteiger partial charge in [-0.2, -0.15) is 0 Å². The molecule has 0 bridgehead atoms. The molecule has 2 aromatic carbocycles. The Morgan fingerprint density at radius 2 is 1.68 bits per heavy atom. The first-order valence-electron chi connectivity index (χ1n) is 8.67. The second-order valence-electron chi connectivity index (χ2n) is 6.50. The van der Waals surface area contributed by atoms with Gasteiger partial charge in [-0.05, 0) is 36.1 Å². The van der Waals surface area contributed by atoms with Crippen LogP contribution < -0.4 is 0 Å². The average molecular weight is 357 g/mol. The largest absolute Gasteiger partial charge is 0.335 e. The summed E-state index contributed by atoms with van der Waals surface area (Å²) in [6, 6.07) is 17.3. The Morgan fingerprint density at radius 3 is 2.24 bits per heavy atom. The Morgan fingerprint density at radius 1 is 1.04 bits per heavy atom. The van der Waals surface area contributed by atoms with Gasteiger partial charge < -0.3 is 4.90 Å². The summed E-state index contributed by atoms with van der Waals surface area (Å²) < 4.78 is 23.5. The molecular formula is C20H23NO3S. The monoisotopic (exact) mass is 357 g/mol. The minimum absolute atomic E-state index is 0.0800. The molecule has 0 N–H and O–H groups in total. The zero-order valence-corrected chi connectivity index (χ0v) is 15.2. The van der Waals surface area contributed by atoms with Crippen LogP contribution in [0.1, 0.15) is 30.1 Å². The second-order valence-corrected chi connectivity index (χ2v) is 8.73. The lowest BCUT2D eigenvalue weighted by atomic mass is 10.0. The molecular weight excluding hydrogens is 334 g/mol. The number of carbonyl (C=O) groups is 1. The van der Waals surface area contributed by atoms with Crippen molar-refractivity contribution in [3.8, 4) is 11.1 Å². The molecule has 1 amide bonds. The lowest BCUT2D eigenvalue weighted by molar-refractivity contribution is 0.0697. The van der Waals surface area contributed by atoms with Crippen LogP contribution in [0.4, 0.5) is 0 Å². The van der Waals surface area contributed by atoms with Crippen LogP contribution in [-0.4, -0.2) is 43.3 Å². The first-order valence-corrected chi connectivity index (χ1v) is 10.5. The molecule has 5 heteroatoms. The fourth-order valence-corrected chi connectivity index (χ4v) is 5.04. The highest BCUT2D eigenvalue weighted by molar-refractivity contribution is 7.91. The maximum absolute atomic E-state index is 12.9. The van der Waals surface area contributed by atoms with Crippen molar-refractivity contribution in [2.45, 2.75) is 25.8 Å². The minimum atomic E-state index is -3.01. The van der Waals surface area contributed by atoms with E-state index >= 15 is 0 Å². The van der Waals surface area contributed by atoms with E-state index in [0.717, 1.165) is 17.5 Å². The summed E-state index contributed by atoms with van der Waals surface area (Å²) in [7, 11) is -3.01. The quantitative estimate of drug-likeness (QED) is 0.824. The third-order valence-electron chi connectivity index (χ3n) is 4.61. The molecule has 1 fully saturated rings. The molecule has 25 heavy (non-hydrogen) atoms. The molecule has 0 saturated carbocycles. The van der Waals surface area contributed by atoms with Crippen LogP contribution in [0.15, 0.2) is 54.6 Å². The van der Waals surface area contributed by atoms with Gasteiger partial charge in [0.15, 0.2) is 9.84 Å². The zero-order valence-electron chi connectivity index (χ0n) is 14.4. The van der Waals surface area contributed by atoms with E-state index in [1.165, 1.54) is 0 Å². The molecule has 0 aromatic heterocycles. The fraction of sp³-hybridized carbons (Fsp3) is 0.350. The van der Waals surface area contributed by atoms with E-state index in [1.807, 2.05) is 61.5 Å². The highest BCUT2D eigenvalue weighted by atomic mass is 32.2. The van der Waals surface area contributed by atoms with Crippen molar-refractivity contribution in [2.75, 3.05) is 18.1 Å². The molecule has 1 saturated heterocycles. The van der Waals surface area contributed by atoms with E-state index in [9.17, 15) is 13.2 Å². The Balaban J connectivity index is 1.80. The average Bonchev–Trinajstić information content (AvgIpc) is 2.99. The van der Waals surface area contributed by atoms with Gasteiger partial charge in [-0.25, -0.2) is 8.42 Å². The van der Waals surface area contributed by atoms with E-state index < -0.39 is 9.84 Å². The van der Waals surface area contributed by atoms with E-state index in [2.05, 4.69) is 0 Å². The van der Waals surface area contributed by atoms with E-state index in [1.54, 1.807) is 4.90 Å². The molecule has 2 aromatic rings. The zero-order chi connectivity index (χ0) is 17.9. The van der Waals surface area contributed by atoms with Gasteiger partial charge in [0.1, 0.15) is 0 Å². The molecule has 1 aliphatic rings. The molecule has 0 spiro atoms. The van der Waals surface area contributed by atoms with Crippen molar-refractivity contribution in [3.63, 3.8) is 0 Å². The van der Waals surface area contributed by atoms with Crippen LogP contribution in [-0.2, 0) is 9.84 Å². The number of sulfone groups is 1. The van der Waals surface area contributed by atoms with Gasteiger partial charge in [0.2, 0.25) is 0 Å². The van der Waals surface area contributed by atoms with Gasteiger partial charge in [0, 0.05) is 18.2 Å². The maximum Gasteiger partial charge on any atom is 0.254 e. The summed E-state index contributed by atoms with van der Waals surface area (Å²) in [5.41, 5.74) is 2.77. The summed E-state index contributed by atoms with van der Waals surface area (Å²) >= 11 is 0. The molecule has 4 nitrogen and oxygen atoms in total. The van der Waals surface area contributed by atoms with E-state index in [0.29, 0.717) is 18.5 Å². The van der Waals surface area contributed by atoms with Gasteiger partial charge in [-0.3, -0.25) is 4.79 Å². The van der Waals surface area contributed by atoms with E-state index in [-0.39, 0.29) is 23.5 Å². The van der Waals surface area contributed by atoms with Gasteiger partial charge >= 0.3 is 0 Å². The van der Waals surface area contributed by atoms with Gasteiger partial charge in [-0.15, -0.1) is 0 Å². The van der Waals surface area contributed by atoms with Crippen LogP contribution in [0.3, 0.4) is 0 Å². The van der Waals surface area contributed by atoms with Crippen LogP contribution in [0.5, 0.6) is 0 Å². The van der Waals surface area contributed by atoms with Gasteiger partial charge in [0.25, 0.3) is 5.91 Å². The van der Waals surface area contributed by atoms with Crippen LogP contribution in [0.2, 0.25) is 0 Å². The lowest BCUT2D eigenvalue weighted by Gasteiger charge is -2.28. The maximum atomic E-state index is 12.9. The normalized spacial score (nSPS) is 18.8. The third-order valence-corrected chi connectivity index (χ3v) is 6.36. The van der Waals surface area contributed by atoms with Gasteiger partial charge in [-0.1, -0.05) is 49.4 Å². The van der Waals surface area contributed by atoms with Crippen molar-refractivity contribution in [1.29, 1.82) is 0 Å². The smallest absolute Gasteiger partial charge is 0.254 e. The van der Waals surface area contributed by atoms with Crippen molar-refractivity contribution in [2.24, 2.45) is 0 Å². The Kier molecular flexibility index (Phi) is 5.23. The fourth-order valence-electron chi connectivity index (χ4n) is 3.31. The van der Waals surface area contributed by atoms with Crippen molar-refractivity contribution in [3.05, 3.63) is 60.2 Å². The number of rotatable bonds is 5. The Hall–Kier alpha value is -2.14. The van der Waals surface area contributed by atoms with Crippen molar-refractivity contribution < 1.29 is 13.2 Å². The molecule has 0 aliphatic carbocycles. The van der Waals surface area contributed by atoms with Crippen molar-refractivity contribution >= 4 is 15.7 Å². The summed E-state index contributed by atoms with van der Waals surface area (Å²) in [4.78, 5) is 14.6. The van der Waals surface area contributed by atoms with Crippen LogP contribution >= 0.6 is 0 Å². The minimum Gasteiger partial charge on any atom is -0.335 e. The number of nitrogens with zero attached hydrogens (tertiary/aromatic N) is 1. The first-order chi connectivity index (χ1) is 12.0. The van der Waals surface area contributed by atoms with Crippen molar-refractivity contribution in [1.82, 2.24) is 4.90 Å². The summed E-state index contributed by atoms with van der Waals surface area (Å²) in [6.45, 7) is 2.59. The first kappa shape index (κ1) is 17.7. The molecule has 132 valence electrons. The lowest BCUT2D eigenvalue weighted by Crippen LogP contribution is -2.41. The molecule has 0 radical (unpaired) electrons. The SMILES string of the molecule is CCCN(C(=O)c1ccc(-c2ccccc2)cc1)C1CCS(=O)(=O)C1. The van der Waals surface area contributed by atoms with Crippen LogP contribution in [0.25, 0.3) is 11.1 Å². The highest BCUT2D eigenvalue weighted by Gasteiger charge is 2.34. The molecule has 1 atom stereocenters. The second kappa shape index (κ2) is 7.40. The highest BCUT2D eigenvalue weighted by Crippen LogP contribution is 2.23. The number of amides is 1. The predicted molar refractivity (Wildman–Crippen MR) is 100 cm³/mol. The molecule has 3 rings (SSSR count).